The molecule has 0 amide bonds. The van der Waals surface area contributed by atoms with Crippen LogP contribution in [0.15, 0.2) is 24.5 Å². The molecule has 1 saturated carbocycles. The van der Waals surface area contributed by atoms with E-state index in [0.717, 1.165) is 0 Å². The van der Waals surface area contributed by atoms with Gasteiger partial charge in [0.25, 0.3) is 0 Å². The summed E-state index contributed by atoms with van der Waals surface area (Å²) >= 11 is 3.79. The third-order valence-electron chi connectivity index (χ3n) is 3.05. The summed E-state index contributed by atoms with van der Waals surface area (Å²) in [6.07, 6.45) is 9.78. The van der Waals surface area contributed by atoms with Gasteiger partial charge in [0, 0.05) is 18.6 Å². The van der Waals surface area contributed by atoms with E-state index in [1.165, 1.54) is 31.2 Å². The van der Waals surface area contributed by atoms with Crippen LogP contribution >= 0.6 is 15.9 Å². The van der Waals surface area contributed by atoms with E-state index in [2.05, 4.69) is 51.9 Å². The van der Waals surface area contributed by atoms with Crippen LogP contribution in [0.2, 0.25) is 0 Å². The van der Waals surface area contributed by atoms with Gasteiger partial charge in [0.1, 0.15) is 0 Å². The highest BCUT2D eigenvalue weighted by atomic mass is 79.9. The minimum Gasteiger partial charge on any atom is -0.201 e. The van der Waals surface area contributed by atoms with E-state index in [1.807, 2.05) is 0 Å². The largest absolute Gasteiger partial charge is 0.201 e. The van der Waals surface area contributed by atoms with E-state index in [9.17, 15) is 0 Å². The predicted molar refractivity (Wildman–Crippen MR) is 61.6 cm³/mol. The lowest BCUT2D eigenvalue weighted by Crippen LogP contribution is -2.44. The van der Waals surface area contributed by atoms with Crippen molar-refractivity contribution in [1.82, 2.24) is 0 Å². The number of hydrogen-bond acceptors (Lipinski definition) is 0. The Kier molecular flexibility index (Phi) is 3.22. The van der Waals surface area contributed by atoms with Gasteiger partial charge < -0.3 is 0 Å². The molecule has 2 unspecified atom stereocenters. The van der Waals surface area contributed by atoms with Gasteiger partial charge in [0.05, 0.1) is 4.83 Å². The molecule has 14 heavy (non-hydrogen) atoms. The van der Waals surface area contributed by atoms with E-state index in [4.69, 9.17) is 0 Å². The molecule has 1 aliphatic carbocycles. The Morgan fingerprint density at radius 2 is 1.86 bits per heavy atom. The Labute approximate surface area is 94.3 Å². The van der Waals surface area contributed by atoms with Gasteiger partial charge in [0.2, 0.25) is 0 Å². The summed E-state index contributed by atoms with van der Waals surface area (Å²) in [6, 6.07) is 5.03. The van der Waals surface area contributed by atoms with Crippen molar-refractivity contribution in [1.29, 1.82) is 0 Å². The van der Waals surface area contributed by atoms with Gasteiger partial charge in [-0.1, -0.05) is 22.4 Å². The Balaban J connectivity index is 2.16. The third-order valence-corrected chi connectivity index (χ3v) is 4.12. The normalized spacial score (nSPS) is 27.6. The summed E-state index contributed by atoms with van der Waals surface area (Å²) in [6.45, 7) is 2.14. The Morgan fingerprint density at radius 3 is 2.50 bits per heavy atom. The number of alkyl halides is 1. The van der Waals surface area contributed by atoms with Crippen LogP contribution < -0.4 is 4.57 Å². The average Bonchev–Trinajstić information content (AvgIpc) is 2.20. The molecule has 0 saturated heterocycles. The van der Waals surface area contributed by atoms with Crippen molar-refractivity contribution < 1.29 is 4.57 Å². The molecule has 0 bridgehead atoms. The van der Waals surface area contributed by atoms with E-state index in [0.29, 0.717) is 10.9 Å². The first kappa shape index (κ1) is 10.2. The fraction of sp³-hybridized carbons (Fsp3) is 0.583. The maximum Gasteiger partial charge on any atom is 0.170 e. The molecule has 2 rings (SSSR count). The number of rotatable bonds is 1. The van der Waals surface area contributed by atoms with Crippen molar-refractivity contribution >= 4 is 15.9 Å². The minimum atomic E-state index is 0.656. The van der Waals surface area contributed by atoms with E-state index in [1.54, 1.807) is 0 Å². The fourth-order valence-electron chi connectivity index (χ4n) is 2.14. The Bertz CT molecular complexity index is 294. The third kappa shape index (κ3) is 2.17. The summed E-state index contributed by atoms with van der Waals surface area (Å²) in [4.78, 5) is 0.656. The van der Waals surface area contributed by atoms with Gasteiger partial charge in [-0.3, -0.25) is 0 Å². The van der Waals surface area contributed by atoms with Crippen molar-refractivity contribution in [2.24, 2.45) is 0 Å². The maximum atomic E-state index is 3.79. The van der Waals surface area contributed by atoms with Crippen LogP contribution in [0.25, 0.3) is 0 Å². The number of pyridine rings is 1. The smallest absolute Gasteiger partial charge is 0.170 e. The monoisotopic (exact) mass is 254 g/mol. The molecular weight excluding hydrogens is 238 g/mol. The molecule has 2 atom stereocenters. The van der Waals surface area contributed by atoms with E-state index >= 15 is 0 Å². The van der Waals surface area contributed by atoms with Crippen molar-refractivity contribution in [3.8, 4) is 0 Å². The van der Waals surface area contributed by atoms with Crippen molar-refractivity contribution in [3.63, 3.8) is 0 Å². The van der Waals surface area contributed by atoms with Crippen LogP contribution in [0.3, 0.4) is 0 Å². The molecule has 0 N–H and O–H groups in total. The second-order valence-corrected chi connectivity index (χ2v) is 5.37. The van der Waals surface area contributed by atoms with E-state index in [-0.39, 0.29) is 0 Å². The number of nitrogens with zero attached hydrogens (tertiary/aromatic N) is 1. The summed E-state index contributed by atoms with van der Waals surface area (Å²) < 4.78 is 2.35. The first-order valence-corrected chi connectivity index (χ1v) is 6.30. The van der Waals surface area contributed by atoms with Crippen molar-refractivity contribution in [2.45, 2.75) is 43.5 Å². The van der Waals surface area contributed by atoms with Gasteiger partial charge in [-0.25, -0.2) is 4.57 Å². The van der Waals surface area contributed by atoms with Crippen LogP contribution in [0.1, 0.15) is 37.3 Å². The lowest BCUT2D eigenvalue weighted by molar-refractivity contribution is -0.724. The lowest BCUT2D eigenvalue weighted by atomic mass is 9.95. The second kappa shape index (κ2) is 4.43. The zero-order valence-electron chi connectivity index (χ0n) is 8.62. The molecule has 0 aromatic carbocycles. The molecule has 76 valence electrons. The molecular formula is C12H17BrN+. The predicted octanol–water partition coefficient (Wildman–Crippen LogP) is 3.16. The van der Waals surface area contributed by atoms with Crippen LogP contribution in [0, 0.1) is 6.92 Å². The highest BCUT2D eigenvalue weighted by Crippen LogP contribution is 2.29. The van der Waals surface area contributed by atoms with Crippen LogP contribution in [0.4, 0.5) is 0 Å². The van der Waals surface area contributed by atoms with Gasteiger partial charge >= 0.3 is 0 Å². The summed E-state index contributed by atoms with van der Waals surface area (Å²) in [7, 11) is 0. The summed E-state index contributed by atoms with van der Waals surface area (Å²) in [5.41, 5.74) is 1.34. The summed E-state index contributed by atoms with van der Waals surface area (Å²) in [5, 5.41) is 0. The first-order chi connectivity index (χ1) is 6.77. The molecule has 1 aliphatic rings. The summed E-state index contributed by atoms with van der Waals surface area (Å²) in [5.74, 6) is 0. The molecule has 1 aromatic heterocycles. The highest BCUT2D eigenvalue weighted by molar-refractivity contribution is 9.09. The number of halogens is 1. The molecule has 0 aliphatic heterocycles. The number of hydrogen-bond donors (Lipinski definition) is 0. The average molecular weight is 255 g/mol. The lowest BCUT2D eigenvalue weighted by Gasteiger charge is -2.22. The van der Waals surface area contributed by atoms with Crippen LogP contribution in [-0.2, 0) is 0 Å². The van der Waals surface area contributed by atoms with Crippen molar-refractivity contribution in [3.05, 3.63) is 30.1 Å². The van der Waals surface area contributed by atoms with Gasteiger partial charge in [-0.2, -0.15) is 0 Å². The fourth-order valence-corrected chi connectivity index (χ4v) is 3.00. The number of aryl methyl sites for hydroxylation is 1. The Hall–Kier alpha value is -0.370. The van der Waals surface area contributed by atoms with Gasteiger partial charge in [-0.05, 0) is 25.3 Å². The van der Waals surface area contributed by atoms with Crippen LogP contribution in [0.5, 0.6) is 0 Å². The SMILES string of the molecule is Cc1cc[n+](C2CCCCC2Br)cc1. The quantitative estimate of drug-likeness (QED) is 0.536. The standard InChI is InChI=1S/C12H17BrN/c1-10-6-8-14(9-7-10)12-5-3-2-4-11(12)13/h6-9,11-12H,2-5H2,1H3/q+1. The molecule has 1 aromatic rings. The van der Waals surface area contributed by atoms with Gasteiger partial charge in [0.15, 0.2) is 18.4 Å². The molecule has 1 nitrogen and oxygen atoms in total. The van der Waals surface area contributed by atoms with Gasteiger partial charge in [-0.15, -0.1) is 0 Å². The van der Waals surface area contributed by atoms with Crippen molar-refractivity contribution in [2.75, 3.05) is 0 Å². The highest BCUT2D eigenvalue weighted by Gasteiger charge is 2.29. The molecule has 0 spiro atoms. The molecule has 2 heteroatoms. The molecule has 1 fully saturated rings. The molecule has 1 heterocycles. The second-order valence-electron chi connectivity index (χ2n) is 4.19. The zero-order valence-corrected chi connectivity index (χ0v) is 10.2. The van der Waals surface area contributed by atoms with Crippen LogP contribution in [-0.4, -0.2) is 4.83 Å². The number of aromatic nitrogens is 1. The topological polar surface area (TPSA) is 3.88 Å². The van der Waals surface area contributed by atoms with E-state index < -0.39 is 0 Å². The first-order valence-electron chi connectivity index (χ1n) is 5.39. The minimum absolute atomic E-state index is 0.656. The maximum absolute atomic E-state index is 3.79. The Morgan fingerprint density at radius 1 is 1.21 bits per heavy atom. The molecule has 0 radical (unpaired) electrons. The zero-order chi connectivity index (χ0) is 9.97.